The van der Waals surface area contributed by atoms with Crippen molar-refractivity contribution in [2.24, 2.45) is 16.7 Å². The number of pyridine rings is 1. The molecule has 0 spiro atoms. The average Bonchev–Trinajstić information content (AvgIpc) is 2.69. The van der Waals surface area contributed by atoms with Gasteiger partial charge >= 0.3 is 0 Å². The van der Waals surface area contributed by atoms with Crippen molar-refractivity contribution in [1.82, 2.24) is 4.98 Å². The maximum absolute atomic E-state index is 10.9. The largest absolute Gasteiger partial charge is 0.481 e. The molecule has 1 aromatic heterocycles. The minimum Gasteiger partial charge on any atom is -0.481 e. The predicted molar refractivity (Wildman–Crippen MR) is 75.3 cm³/mol. The van der Waals surface area contributed by atoms with E-state index in [0.717, 1.165) is 18.4 Å². The highest BCUT2D eigenvalue weighted by Crippen LogP contribution is 2.73. The molecule has 3 rings (SSSR count). The van der Waals surface area contributed by atoms with Gasteiger partial charge in [-0.1, -0.05) is 20.8 Å². The van der Waals surface area contributed by atoms with Crippen molar-refractivity contribution in [1.29, 1.82) is 0 Å². The third-order valence-corrected chi connectivity index (χ3v) is 6.28. The third kappa shape index (κ3) is 1.41. The van der Waals surface area contributed by atoms with Gasteiger partial charge in [0.15, 0.2) is 5.79 Å². The molecular weight excluding hydrogens is 254 g/mol. The number of methoxy groups -OCH3 is 1. The van der Waals surface area contributed by atoms with Crippen molar-refractivity contribution in [3.8, 4) is 5.88 Å². The summed E-state index contributed by atoms with van der Waals surface area (Å²) in [4.78, 5) is 4.11. The summed E-state index contributed by atoms with van der Waals surface area (Å²) in [7, 11) is 1.57. The van der Waals surface area contributed by atoms with Crippen LogP contribution in [0.15, 0.2) is 18.3 Å². The molecule has 2 aliphatic rings. The Kier molecular flexibility index (Phi) is 2.73. The van der Waals surface area contributed by atoms with Gasteiger partial charge in [0.25, 0.3) is 0 Å². The number of hydrogen-bond acceptors (Lipinski definition) is 4. The fraction of sp³-hybridized carbons (Fsp3) is 0.688. The Balaban J connectivity index is 2.11. The lowest BCUT2D eigenvalue weighted by Gasteiger charge is -2.43. The fourth-order valence-corrected chi connectivity index (χ4v) is 4.60. The van der Waals surface area contributed by atoms with Crippen LogP contribution in [0.25, 0.3) is 0 Å². The Labute approximate surface area is 119 Å². The summed E-state index contributed by atoms with van der Waals surface area (Å²) in [6.45, 7) is 6.32. The highest BCUT2D eigenvalue weighted by atomic mass is 16.5. The van der Waals surface area contributed by atoms with Gasteiger partial charge in [-0.2, -0.15) is 0 Å². The van der Waals surface area contributed by atoms with Crippen LogP contribution in [0.3, 0.4) is 0 Å². The van der Waals surface area contributed by atoms with Gasteiger partial charge in [-0.3, -0.25) is 0 Å². The average molecular weight is 277 g/mol. The second-order valence-electron chi connectivity index (χ2n) is 7.03. The maximum atomic E-state index is 10.9. The SMILES string of the molecule is COc1cc(C2C3CCC(C)(C3(C)C)C2(O)O)ccn1. The Morgan fingerprint density at radius 3 is 2.55 bits per heavy atom. The molecule has 4 nitrogen and oxygen atoms in total. The lowest BCUT2D eigenvalue weighted by Crippen LogP contribution is -2.50. The van der Waals surface area contributed by atoms with Crippen LogP contribution in [0.1, 0.15) is 45.1 Å². The molecule has 0 saturated heterocycles. The normalized spacial score (nSPS) is 37.1. The van der Waals surface area contributed by atoms with Crippen LogP contribution in [-0.2, 0) is 0 Å². The molecule has 0 aliphatic heterocycles. The van der Waals surface area contributed by atoms with Gasteiger partial charge in [0.1, 0.15) is 0 Å². The summed E-state index contributed by atoms with van der Waals surface area (Å²) in [5, 5.41) is 21.7. The molecule has 1 aromatic rings. The van der Waals surface area contributed by atoms with E-state index in [4.69, 9.17) is 4.74 Å². The molecule has 110 valence electrons. The first-order chi connectivity index (χ1) is 9.25. The third-order valence-electron chi connectivity index (χ3n) is 6.28. The second-order valence-corrected chi connectivity index (χ2v) is 7.03. The van der Waals surface area contributed by atoms with E-state index >= 15 is 0 Å². The molecule has 0 amide bonds. The van der Waals surface area contributed by atoms with Crippen LogP contribution >= 0.6 is 0 Å². The van der Waals surface area contributed by atoms with E-state index in [1.54, 1.807) is 13.3 Å². The molecule has 4 heteroatoms. The van der Waals surface area contributed by atoms with E-state index in [0.29, 0.717) is 5.88 Å². The zero-order chi connectivity index (χ0) is 14.8. The van der Waals surface area contributed by atoms with Gasteiger partial charge in [0.2, 0.25) is 5.88 Å². The van der Waals surface area contributed by atoms with Crippen molar-refractivity contribution in [2.45, 2.75) is 45.3 Å². The molecule has 2 saturated carbocycles. The van der Waals surface area contributed by atoms with E-state index in [-0.39, 0.29) is 17.3 Å². The van der Waals surface area contributed by atoms with Crippen molar-refractivity contribution in [3.63, 3.8) is 0 Å². The van der Waals surface area contributed by atoms with Crippen LogP contribution < -0.4 is 4.74 Å². The predicted octanol–water partition coefficient (Wildman–Crippen LogP) is 2.31. The first kappa shape index (κ1) is 13.8. The molecule has 2 aliphatic carbocycles. The number of aliphatic hydroxyl groups is 2. The van der Waals surface area contributed by atoms with Gasteiger partial charge < -0.3 is 14.9 Å². The van der Waals surface area contributed by atoms with Crippen LogP contribution in [0.5, 0.6) is 5.88 Å². The lowest BCUT2D eigenvalue weighted by molar-refractivity contribution is -0.251. The summed E-state index contributed by atoms with van der Waals surface area (Å²) >= 11 is 0. The number of rotatable bonds is 2. The summed E-state index contributed by atoms with van der Waals surface area (Å²) < 4.78 is 5.17. The Morgan fingerprint density at radius 1 is 1.30 bits per heavy atom. The topological polar surface area (TPSA) is 62.6 Å². The van der Waals surface area contributed by atoms with E-state index in [1.165, 1.54) is 0 Å². The molecule has 0 aromatic carbocycles. The summed E-state index contributed by atoms with van der Waals surface area (Å²) in [6, 6.07) is 3.69. The molecule has 2 bridgehead atoms. The number of aromatic nitrogens is 1. The van der Waals surface area contributed by atoms with Gasteiger partial charge in [0.05, 0.1) is 7.11 Å². The number of fused-ring (bicyclic) bond motifs is 2. The first-order valence-electron chi connectivity index (χ1n) is 7.20. The number of nitrogens with zero attached hydrogens (tertiary/aromatic N) is 1. The number of ether oxygens (including phenoxy) is 1. The molecular formula is C16H23NO3. The zero-order valence-corrected chi connectivity index (χ0v) is 12.6. The molecule has 2 N–H and O–H groups in total. The summed E-state index contributed by atoms with van der Waals surface area (Å²) in [5.41, 5.74) is 0.326. The molecule has 3 unspecified atom stereocenters. The minimum absolute atomic E-state index is 0.0995. The molecule has 20 heavy (non-hydrogen) atoms. The van der Waals surface area contributed by atoms with Crippen molar-refractivity contribution in [2.75, 3.05) is 7.11 Å². The second kappa shape index (κ2) is 3.95. The van der Waals surface area contributed by atoms with E-state index < -0.39 is 11.2 Å². The molecule has 3 atom stereocenters. The fourth-order valence-electron chi connectivity index (χ4n) is 4.60. The van der Waals surface area contributed by atoms with Crippen LogP contribution in [0.4, 0.5) is 0 Å². The van der Waals surface area contributed by atoms with Crippen molar-refractivity contribution >= 4 is 0 Å². The Bertz CT molecular complexity index is 540. The smallest absolute Gasteiger partial charge is 0.213 e. The quantitative estimate of drug-likeness (QED) is 0.814. The lowest BCUT2D eigenvalue weighted by atomic mass is 9.68. The van der Waals surface area contributed by atoms with Gasteiger partial charge in [-0.05, 0) is 35.8 Å². The highest BCUT2D eigenvalue weighted by Gasteiger charge is 2.73. The standard InChI is InChI=1S/C16H23NO3/c1-14(2)11-5-7-15(14,3)16(18,19)13(11)10-6-8-17-12(9-10)20-4/h6,8-9,11,13,18-19H,5,7H2,1-4H3. The monoisotopic (exact) mass is 277 g/mol. The number of hydrogen-bond donors (Lipinski definition) is 2. The Morgan fingerprint density at radius 2 is 2.00 bits per heavy atom. The first-order valence-corrected chi connectivity index (χ1v) is 7.20. The molecule has 0 radical (unpaired) electrons. The molecule has 2 fully saturated rings. The maximum Gasteiger partial charge on any atom is 0.213 e. The Hall–Kier alpha value is -1.13. The van der Waals surface area contributed by atoms with Crippen molar-refractivity contribution < 1.29 is 14.9 Å². The van der Waals surface area contributed by atoms with Gasteiger partial charge in [-0.25, -0.2) is 4.98 Å². The van der Waals surface area contributed by atoms with E-state index in [1.807, 2.05) is 19.1 Å². The van der Waals surface area contributed by atoms with Gasteiger partial charge in [0, 0.05) is 23.6 Å². The van der Waals surface area contributed by atoms with Crippen molar-refractivity contribution in [3.05, 3.63) is 23.9 Å². The van der Waals surface area contributed by atoms with Crippen LogP contribution in [-0.4, -0.2) is 28.1 Å². The van der Waals surface area contributed by atoms with Crippen LogP contribution in [0.2, 0.25) is 0 Å². The minimum atomic E-state index is -1.69. The zero-order valence-electron chi connectivity index (χ0n) is 12.6. The summed E-state index contributed by atoms with van der Waals surface area (Å²) in [5.74, 6) is -1.20. The summed E-state index contributed by atoms with van der Waals surface area (Å²) in [6.07, 6.45) is 3.56. The van der Waals surface area contributed by atoms with E-state index in [9.17, 15) is 10.2 Å². The van der Waals surface area contributed by atoms with Crippen LogP contribution in [0, 0.1) is 16.7 Å². The van der Waals surface area contributed by atoms with Gasteiger partial charge in [-0.15, -0.1) is 0 Å². The molecule has 1 heterocycles. The van der Waals surface area contributed by atoms with E-state index in [2.05, 4.69) is 18.8 Å². The highest BCUT2D eigenvalue weighted by molar-refractivity contribution is 5.34.